The Kier molecular flexibility index (Phi) is 1.67. The Morgan fingerprint density at radius 3 is 3.09 bits per heavy atom. The van der Waals surface area contributed by atoms with Crippen LogP contribution in [0.25, 0.3) is 0 Å². The van der Waals surface area contributed by atoms with Gasteiger partial charge in [0.05, 0.1) is 17.5 Å². The zero-order valence-corrected chi connectivity index (χ0v) is 7.04. The Bertz CT molecular complexity index is 197. The van der Waals surface area contributed by atoms with Crippen molar-refractivity contribution in [2.45, 2.75) is 17.5 Å². The first-order chi connectivity index (χ1) is 5.20. The average Bonchev–Trinajstić information content (AvgIpc) is 2.41. The monoisotopic (exact) mass is 175 g/mol. The van der Waals surface area contributed by atoms with E-state index >= 15 is 0 Å². The molecule has 3 atom stereocenters. The van der Waals surface area contributed by atoms with Crippen LogP contribution in [0.2, 0.25) is 0 Å². The minimum atomic E-state index is -0.0718. The van der Waals surface area contributed by atoms with Gasteiger partial charge in [0.1, 0.15) is 6.61 Å². The van der Waals surface area contributed by atoms with E-state index in [-0.39, 0.29) is 29.9 Å². The zero-order chi connectivity index (χ0) is 8.01. The maximum absolute atomic E-state index is 11.2. The number of halogens is 1. The quantitative estimate of drug-likeness (QED) is 0.481. The lowest BCUT2D eigenvalue weighted by Gasteiger charge is -2.13. The molecule has 0 N–H and O–H groups in total. The fraction of sp³-hybridized carbons (Fsp3) is 0.857. The normalized spacial score (nSPS) is 44.9. The smallest absolute Gasteiger partial charge is 0.178 e. The SMILES string of the molecule is CN1C[C@H](Cl)[C@H]2OCC(=O)[C@H]21. The van der Waals surface area contributed by atoms with Crippen molar-refractivity contribution in [1.29, 1.82) is 0 Å². The van der Waals surface area contributed by atoms with Gasteiger partial charge in [0.25, 0.3) is 0 Å². The summed E-state index contributed by atoms with van der Waals surface area (Å²) in [6, 6.07) is -0.0718. The van der Waals surface area contributed by atoms with E-state index in [2.05, 4.69) is 0 Å². The number of fused-ring (bicyclic) bond motifs is 1. The molecular weight excluding hydrogens is 166 g/mol. The molecule has 2 heterocycles. The lowest BCUT2D eigenvalue weighted by Crippen LogP contribution is -2.34. The summed E-state index contributed by atoms with van der Waals surface area (Å²) in [4.78, 5) is 13.2. The summed E-state index contributed by atoms with van der Waals surface area (Å²) in [6.45, 7) is 0.992. The molecule has 0 aromatic rings. The predicted molar refractivity (Wildman–Crippen MR) is 40.8 cm³/mol. The Morgan fingerprint density at radius 1 is 1.73 bits per heavy atom. The van der Waals surface area contributed by atoms with Crippen LogP contribution in [0.5, 0.6) is 0 Å². The van der Waals surface area contributed by atoms with E-state index in [1.807, 2.05) is 11.9 Å². The Balaban J connectivity index is 2.21. The van der Waals surface area contributed by atoms with Crippen LogP contribution in [-0.4, -0.2) is 48.4 Å². The van der Waals surface area contributed by atoms with Crippen LogP contribution in [0, 0.1) is 0 Å². The van der Waals surface area contributed by atoms with Crippen LogP contribution in [0.4, 0.5) is 0 Å². The van der Waals surface area contributed by atoms with Gasteiger partial charge in [-0.2, -0.15) is 0 Å². The first kappa shape index (κ1) is 7.53. The van der Waals surface area contributed by atoms with E-state index < -0.39 is 0 Å². The molecule has 0 spiro atoms. The molecule has 2 rings (SSSR count). The fourth-order valence-corrected chi connectivity index (χ4v) is 2.26. The van der Waals surface area contributed by atoms with Crippen molar-refractivity contribution in [3.05, 3.63) is 0 Å². The molecule has 11 heavy (non-hydrogen) atoms. The number of hydrogen-bond acceptors (Lipinski definition) is 3. The van der Waals surface area contributed by atoms with E-state index in [1.165, 1.54) is 0 Å². The molecular formula is C7H10ClNO2. The highest BCUT2D eigenvalue weighted by molar-refractivity contribution is 6.22. The molecule has 0 saturated carbocycles. The molecule has 0 amide bonds. The van der Waals surface area contributed by atoms with Crippen molar-refractivity contribution in [2.24, 2.45) is 0 Å². The average molecular weight is 176 g/mol. The predicted octanol–water partition coefficient (Wildman–Crippen LogP) is -0.124. The van der Waals surface area contributed by atoms with Gasteiger partial charge in [-0.05, 0) is 7.05 Å². The van der Waals surface area contributed by atoms with Crippen LogP contribution in [0.15, 0.2) is 0 Å². The summed E-state index contributed by atoms with van der Waals surface area (Å²) in [5, 5.41) is -0.0172. The van der Waals surface area contributed by atoms with Crippen LogP contribution < -0.4 is 0 Å². The molecule has 0 aromatic carbocycles. The molecule has 0 bridgehead atoms. The number of alkyl halides is 1. The van der Waals surface area contributed by atoms with E-state index in [0.29, 0.717) is 0 Å². The first-order valence-electron chi connectivity index (χ1n) is 3.69. The van der Waals surface area contributed by atoms with Gasteiger partial charge in [0.15, 0.2) is 5.78 Å². The third-order valence-corrected chi connectivity index (χ3v) is 2.74. The maximum Gasteiger partial charge on any atom is 0.178 e. The number of ketones is 1. The molecule has 62 valence electrons. The van der Waals surface area contributed by atoms with E-state index in [0.717, 1.165) is 6.54 Å². The van der Waals surface area contributed by atoms with Crippen molar-refractivity contribution in [1.82, 2.24) is 4.90 Å². The van der Waals surface area contributed by atoms with Crippen molar-refractivity contribution in [2.75, 3.05) is 20.2 Å². The Morgan fingerprint density at radius 2 is 2.45 bits per heavy atom. The van der Waals surface area contributed by atoms with Crippen molar-refractivity contribution in [3.63, 3.8) is 0 Å². The zero-order valence-electron chi connectivity index (χ0n) is 6.29. The number of rotatable bonds is 0. The van der Waals surface area contributed by atoms with Crippen LogP contribution in [0.3, 0.4) is 0 Å². The van der Waals surface area contributed by atoms with Gasteiger partial charge >= 0.3 is 0 Å². The summed E-state index contributed by atoms with van der Waals surface area (Å²) < 4.78 is 5.25. The van der Waals surface area contributed by atoms with Crippen LogP contribution in [-0.2, 0) is 9.53 Å². The standard InChI is InChI=1S/C7H10ClNO2/c1-9-2-4(8)7-6(9)5(10)3-11-7/h4,6-7H,2-3H2,1H3/t4-,6+,7+/m0/s1. The van der Waals surface area contributed by atoms with Crippen LogP contribution >= 0.6 is 11.6 Å². The summed E-state index contributed by atoms with van der Waals surface area (Å²) >= 11 is 5.95. The molecule has 2 aliphatic rings. The lowest BCUT2D eigenvalue weighted by atomic mass is 10.1. The molecule has 2 fully saturated rings. The second-order valence-corrected chi connectivity index (χ2v) is 3.70. The number of likely N-dealkylation sites (N-methyl/N-ethyl adjacent to an activating group) is 1. The van der Waals surface area contributed by atoms with E-state index in [1.54, 1.807) is 0 Å². The summed E-state index contributed by atoms with van der Waals surface area (Å²) in [6.07, 6.45) is -0.0610. The van der Waals surface area contributed by atoms with Gasteiger partial charge in [-0.25, -0.2) is 0 Å². The summed E-state index contributed by atoms with van der Waals surface area (Å²) in [5.74, 6) is 0.167. The van der Waals surface area contributed by atoms with Gasteiger partial charge in [-0.3, -0.25) is 9.69 Å². The van der Waals surface area contributed by atoms with Gasteiger partial charge < -0.3 is 4.74 Å². The van der Waals surface area contributed by atoms with Crippen molar-refractivity contribution >= 4 is 17.4 Å². The second kappa shape index (κ2) is 2.44. The molecule has 0 radical (unpaired) electrons. The van der Waals surface area contributed by atoms with Gasteiger partial charge in [0.2, 0.25) is 0 Å². The number of carbonyl (C=O) groups excluding carboxylic acids is 1. The van der Waals surface area contributed by atoms with Gasteiger partial charge in [0, 0.05) is 6.54 Å². The minimum absolute atomic E-state index is 0.0172. The Hall–Kier alpha value is -0.120. The number of carbonyl (C=O) groups is 1. The number of hydrogen-bond donors (Lipinski definition) is 0. The fourth-order valence-electron chi connectivity index (χ4n) is 1.83. The highest BCUT2D eigenvalue weighted by Crippen LogP contribution is 2.28. The number of likely N-dealkylation sites (tertiary alicyclic amines) is 1. The number of nitrogens with zero attached hydrogens (tertiary/aromatic N) is 1. The van der Waals surface area contributed by atoms with Crippen molar-refractivity contribution in [3.8, 4) is 0 Å². The third kappa shape index (κ3) is 0.991. The molecule has 2 aliphatic heterocycles. The topological polar surface area (TPSA) is 29.5 Å². The molecule has 0 aromatic heterocycles. The third-order valence-electron chi connectivity index (χ3n) is 2.35. The minimum Gasteiger partial charge on any atom is -0.367 e. The molecule has 4 heteroatoms. The van der Waals surface area contributed by atoms with Crippen LogP contribution in [0.1, 0.15) is 0 Å². The maximum atomic E-state index is 11.2. The molecule has 0 unspecified atom stereocenters. The van der Waals surface area contributed by atoms with Gasteiger partial charge in [-0.15, -0.1) is 11.6 Å². The second-order valence-electron chi connectivity index (χ2n) is 3.14. The van der Waals surface area contributed by atoms with E-state index in [9.17, 15) is 4.79 Å². The van der Waals surface area contributed by atoms with E-state index in [4.69, 9.17) is 16.3 Å². The van der Waals surface area contributed by atoms with Crippen molar-refractivity contribution < 1.29 is 9.53 Å². The largest absolute Gasteiger partial charge is 0.367 e. The van der Waals surface area contributed by atoms with Gasteiger partial charge in [-0.1, -0.05) is 0 Å². The highest BCUT2D eigenvalue weighted by atomic mass is 35.5. The lowest BCUT2D eigenvalue weighted by molar-refractivity contribution is -0.120. The number of ether oxygens (including phenoxy) is 1. The molecule has 2 saturated heterocycles. The Labute approximate surface area is 70.3 Å². The molecule has 3 nitrogen and oxygen atoms in total. The highest BCUT2D eigenvalue weighted by Gasteiger charge is 2.48. The summed E-state index contributed by atoms with van der Waals surface area (Å²) in [5.41, 5.74) is 0. The molecule has 0 aliphatic carbocycles. The first-order valence-corrected chi connectivity index (χ1v) is 4.12. The summed E-state index contributed by atoms with van der Waals surface area (Å²) in [7, 11) is 1.91. The number of Topliss-reactive ketones (excluding diaryl/α,β-unsaturated/α-hetero) is 1.